The van der Waals surface area contributed by atoms with Gasteiger partial charge in [-0.2, -0.15) is 0 Å². The Morgan fingerprint density at radius 2 is 1.97 bits per heavy atom. The third-order valence-corrected chi connectivity index (χ3v) is 9.27. The van der Waals surface area contributed by atoms with E-state index in [0.717, 1.165) is 24.3 Å². The quantitative estimate of drug-likeness (QED) is 0.510. The highest BCUT2D eigenvalue weighted by molar-refractivity contribution is 7.92. The van der Waals surface area contributed by atoms with Gasteiger partial charge in [0.2, 0.25) is 0 Å². The molecule has 3 amide bonds. The number of likely N-dealkylation sites (tertiary alicyclic amines) is 1. The Morgan fingerprint density at radius 1 is 1.21 bits per heavy atom. The molecular weight excluding hydrogens is 496 g/mol. The van der Waals surface area contributed by atoms with Crippen LogP contribution in [0.25, 0.3) is 10.2 Å². The number of fused-ring (bicyclic) bond motifs is 1. The summed E-state index contributed by atoms with van der Waals surface area (Å²) >= 11 is 7.13. The first-order chi connectivity index (χ1) is 16.1. The van der Waals surface area contributed by atoms with Crippen LogP contribution in [-0.4, -0.2) is 54.6 Å². The molecule has 0 bridgehead atoms. The number of hydrogen-bond acceptors (Lipinski definition) is 7. The first-order valence-electron chi connectivity index (χ1n) is 10.9. The number of piperidine rings is 1. The first kappa shape index (κ1) is 24.6. The molecule has 1 aliphatic heterocycles. The van der Waals surface area contributed by atoms with Crippen molar-refractivity contribution in [3.63, 3.8) is 0 Å². The van der Waals surface area contributed by atoms with Gasteiger partial charge in [0.25, 0.3) is 5.91 Å². The van der Waals surface area contributed by atoms with Gasteiger partial charge in [0.15, 0.2) is 15.0 Å². The summed E-state index contributed by atoms with van der Waals surface area (Å²) in [6, 6.07) is 10.7. The molecule has 1 unspecified atom stereocenters. The Labute approximate surface area is 207 Å². The number of anilines is 1. The minimum Gasteiger partial charge on any atom is -0.300 e. The number of urea groups is 1. The molecule has 0 radical (unpaired) electrons. The van der Waals surface area contributed by atoms with Crippen LogP contribution in [0.5, 0.6) is 0 Å². The molecule has 0 aliphatic carbocycles. The number of nitrogens with one attached hydrogen (secondary N) is 2. The molecule has 1 aromatic heterocycles. The van der Waals surface area contributed by atoms with E-state index < -0.39 is 27.0 Å². The van der Waals surface area contributed by atoms with Crippen molar-refractivity contribution in [2.24, 2.45) is 0 Å². The van der Waals surface area contributed by atoms with Gasteiger partial charge in [0.05, 0.1) is 30.9 Å². The molecule has 4 rings (SSSR count). The van der Waals surface area contributed by atoms with Gasteiger partial charge >= 0.3 is 6.03 Å². The number of nitrogens with zero attached hydrogens (tertiary/aromatic N) is 2. The highest BCUT2D eigenvalue weighted by atomic mass is 35.5. The molecule has 8 nitrogen and oxygen atoms in total. The van der Waals surface area contributed by atoms with Crippen molar-refractivity contribution < 1.29 is 18.0 Å². The highest BCUT2D eigenvalue weighted by Gasteiger charge is 2.33. The number of sulfone groups is 1. The van der Waals surface area contributed by atoms with Crippen molar-refractivity contribution in [1.29, 1.82) is 0 Å². The van der Waals surface area contributed by atoms with Crippen molar-refractivity contribution in [3.8, 4) is 0 Å². The summed E-state index contributed by atoms with van der Waals surface area (Å²) < 4.78 is 27.2. The summed E-state index contributed by atoms with van der Waals surface area (Å²) in [5.74, 6) is -0.638. The lowest BCUT2D eigenvalue weighted by Gasteiger charge is -2.35. The fourth-order valence-electron chi connectivity index (χ4n) is 3.96. The topological polar surface area (TPSA) is 108 Å². The maximum absolute atomic E-state index is 13.3. The van der Waals surface area contributed by atoms with Crippen LogP contribution >= 0.6 is 22.9 Å². The number of rotatable bonds is 5. The lowest BCUT2D eigenvalue weighted by Crippen LogP contribution is -2.45. The maximum atomic E-state index is 13.3. The summed E-state index contributed by atoms with van der Waals surface area (Å²) in [6.07, 6.45) is 1.49. The van der Waals surface area contributed by atoms with Crippen LogP contribution in [0.1, 0.15) is 37.0 Å². The highest BCUT2D eigenvalue weighted by Crippen LogP contribution is 2.31. The minimum atomic E-state index is -3.50. The number of benzene rings is 2. The molecule has 34 heavy (non-hydrogen) atoms. The van der Waals surface area contributed by atoms with Crippen LogP contribution in [0.4, 0.5) is 9.93 Å². The van der Waals surface area contributed by atoms with Gasteiger partial charge < -0.3 is 0 Å². The van der Waals surface area contributed by atoms with Crippen LogP contribution in [0.2, 0.25) is 5.02 Å². The predicted octanol–water partition coefficient (Wildman–Crippen LogP) is 4.56. The predicted molar refractivity (Wildman–Crippen MR) is 134 cm³/mol. The van der Waals surface area contributed by atoms with Crippen LogP contribution in [0.3, 0.4) is 0 Å². The van der Waals surface area contributed by atoms with Gasteiger partial charge in [0, 0.05) is 12.6 Å². The van der Waals surface area contributed by atoms with E-state index >= 15 is 0 Å². The van der Waals surface area contributed by atoms with Gasteiger partial charge in [-0.25, -0.2) is 18.2 Å². The smallest absolute Gasteiger partial charge is 0.300 e. The van der Waals surface area contributed by atoms with E-state index in [9.17, 15) is 18.0 Å². The van der Waals surface area contributed by atoms with Crippen LogP contribution in [-0.2, 0) is 9.84 Å². The van der Waals surface area contributed by atoms with Crippen LogP contribution in [0.15, 0.2) is 47.4 Å². The molecule has 2 N–H and O–H groups in total. The van der Waals surface area contributed by atoms with E-state index in [0.29, 0.717) is 29.2 Å². The molecular formula is C23H25ClN4O4S2. The summed E-state index contributed by atoms with van der Waals surface area (Å²) in [4.78, 5) is 31.3. The van der Waals surface area contributed by atoms with Gasteiger partial charge in [-0.05, 0) is 63.6 Å². The average Bonchev–Trinajstić information content (AvgIpc) is 3.20. The molecule has 1 atom stereocenters. The van der Waals surface area contributed by atoms with Crippen molar-refractivity contribution in [3.05, 3.63) is 53.1 Å². The summed E-state index contributed by atoms with van der Waals surface area (Å²) in [6.45, 7) is 5.58. The standard InChI is InChI=1S/C23H25ClN4O4S2/c1-14(2)28-11-5-6-16(13-28)34(31,32)15-9-10-19-20(12-15)33-23(25-19)27-22(30)26-21(29)17-7-3-4-8-18(17)24/h3-4,7-10,12,14,16H,5-6,11,13H2,1-2H3,(H2,25,26,27,29,30). The molecule has 2 heterocycles. The SMILES string of the molecule is CC(C)N1CCCC(S(=O)(=O)c2ccc3nc(NC(=O)NC(=O)c4ccccc4Cl)sc3c2)C1. The van der Waals surface area contributed by atoms with E-state index in [-0.39, 0.29) is 20.6 Å². The van der Waals surface area contributed by atoms with Crippen LogP contribution < -0.4 is 10.6 Å². The fraction of sp³-hybridized carbons (Fsp3) is 0.348. The first-order valence-corrected chi connectivity index (χ1v) is 13.6. The Balaban J connectivity index is 1.48. The molecule has 1 aliphatic rings. The zero-order valence-electron chi connectivity index (χ0n) is 18.7. The maximum Gasteiger partial charge on any atom is 0.327 e. The number of halogens is 1. The van der Waals surface area contributed by atoms with E-state index in [1.165, 1.54) is 6.07 Å². The van der Waals surface area contributed by atoms with Gasteiger partial charge in [-0.1, -0.05) is 35.1 Å². The summed E-state index contributed by atoms with van der Waals surface area (Å²) in [5.41, 5.74) is 0.737. The summed E-state index contributed by atoms with van der Waals surface area (Å²) in [5, 5.41) is 4.77. The largest absolute Gasteiger partial charge is 0.327 e. The van der Waals surface area contributed by atoms with Crippen molar-refractivity contribution in [1.82, 2.24) is 15.2 Å². The number of thiazole rings is 1. The average molecular weight is 521 g/mol. The second kappa shape index (κ2) is 9.99. The monoisotopic (exact) mass is 520 g/mol. The fourth-order valence-corrected chi connectivity index (χ4v) is 6.95. The molecule has 0 saturated carbocycles. The van der Waals surface area contributed by atoms with E-state index in [1.54, 1.807) is 36.4 Å². The van der Waals surface area contributed by atoms with E-state index in [2.05, 4.69) is 34.4 Å². The third kappa shape index (κ3) is 5.25. The molecule has 2 aromatic carbocycles. The van der Waals surface area contributed by atoms with E-state index in [4.69, 9.17) is 11.6 Å². The lowest BCUT2D eigenvalue weighted by molar-refractivity contribution is 0.0967. The van der Waals surface area contributed by atoms with Gasteiger partial charge in [-0.3, -0.25) is 20.3 Å². The Hall–Kier alpha value is -2.53. The second-order valence-electron chi connectivity index (χ2n) is 8.43. The van der Waals surface area contributed by atoms with Crippen molar-refractivity contribution >= 4 is 60.1 Å². The second-order valence-corrected chi connectivity index (χ2v) is 12.1. The zero-order valence-corrected chi connectivity index (χ0v) is 21.1. The third-order valence-electron chi connectivity index (χ3n) is 5.83. The number of carbonyl (C=O) groups excluding carboxylic acids is 2. The van der Waals surface area contributed by atoms with Crippen LogP contribution in [0, 0.1) is 0 Å². The molecule has 1 fully saturated rings. The number of imide groups is 1. The Morgan fingerprint density at radius 3 is 2.71 bits per heavy atom. The normalized spacial score (nSPS) is 17.1. The number of amides is 3. The molecule has 3 aromatic rings. The Kier molecular flexibility index (Phi) is 7.22. The number of aromatic nitrogens is 1. The molecule has 1 saturated heterocycles. The van der Waals surface area contributed by atoms with Crippen molar-refractivity contribution in [2.75, 3.05) is 18.4 Å². The zero-order chi connectivity index (χ0) is 24.5. The number of hydrogen-bond donors (Lipinski definition) is 2. The Bertz CT molecular complexity index is 1340. The molecule has 0 spiro atoms. The minimum absolute atomic E-state index is 0.178. The van der Waals surface area contributed by atoms with Crippen molar-refractivity contribution in [2.45, 2.75) is 42.9 Å². The van der Waals surface area contributed by atoms with Gasteiger partial charge in [-0.15, -0.1) is 0 Å². The summed E-state index contributed by atoms with van der Waals surface area (Å²) in [7, 11) is -3.50. The molecule has 180 valence electrons. The molecule has 11 heteroatoms. The lowest BCUT2D eigenvalue weighted by atomic mass is 10.1. The number of carbonyl (C=O) groups is 2. The van der Waals surface area contributed by atoms with Gasteiger partial charge in [0.1, 0.15) is 0 Å². The van der Waals surface area contributed by atoms with E-state index in [1.807, 2.05) is 0 Å².